The van der Waals surface area contributed by atoms with E-state index in [9.17, 15) is 4.79 Å². The van der Waals surface area contributed by atoms with Gasteiger partial charge < -0.3 is 15.8 Å². The molecule has 1 aliphatic heterocycles. The lowest BCUT2D eigenvalue weighted by Crippen LogP contribution is -2.37. The van der Waals surface area contributed by atoms with Gasteiger partial charge >= 0.3 is 0 Å². The molecule has 3 aromatic rings. The fourth-order valence-corrected chi connectivity index (χ4v) is 3.37. The molecule has 8 heteroatoms. The van der Waals surface area contributed by atoms with Crippen LogP contribution in [0.3, 0.4) is 0 Å². The number of carbonyl (C=O) groups excluding carboxylic acids is 1. The van der Waals surface area contributed by atoms with Crippen LogP contribution >= 0.6 is 0 Å². The minimum atomic E-state index is -0.261. The first kappa shape index (κ1) is 16.9. The Balaban J connectivity index is 1.78. The van der Waals surface area contributed by atoms with E-state index in [1.165, 1.54) is 0 Å². The summed E-state index contributed by atoms with van der Waals surface area (Å²) in [6.07, 6.45) is 3.74. The lowest BCUT2D eigenvalue weighted by Gasteiger charge is -2.27. The highest BCUT2D eigenvalue weighted by Gasteiger charge is 2.30. The number of amides is 1. The maximum atomic E-state index is 12.7. The third-order valence-corrected chi connectivity index (χ3v) is 4.55. The van der Waals surface area contributed by atoms with Crippen LogP contribution in [0.25, 0.3) is 11.3 Å². The van der Waals surface area contributed by atoms with E-state index < -0.39 is 0 Å². The van der Waals surface area contributed by atoms with Crippen molar-refractivity contribution in [2.24, 2.45) is 0 Å². The van der Waals surface area contributed by atoms with E-state index in [0.717, 1.165) is 11.1 Å². The highest BCUT2D eigenvalue weighted by Crippen LogP contribution is 2.32. The van der Waals surface area contributed by atoms with Crippen LogP contribution < -0.4 is 15.8 Å². The Hall–Kier alpha value is -3.55. The number of benzene rings is 1. The molecule has 3 heterocycles. The number of fused-ring (bicyclic) bond motifs is 1. The van der Waals surface area contributed by atoms with Gasteiger partial charge in [-0.3, -0.25) is 9.78 Å². The summed E-state index contributed by atoms with van der Waals surface area (Å²) >= 11 is 0. The number of ether oxygens (including phenoxy) is 1. The van der Waals surface area contributed by atoms with Crippen molar-refractivity contribution in [2.75, 3.05) is 12.8 Å². The summed E-state index contributed by atoms with van der Waals surface area (Å²) in [6, 6.07) is 7.49. The molecule has 0 unspecified atom stereocenters. The van der Waals surface area contributed by atoms with Gasteiger partial charge in [0.1, 0.15) is 0 Å². The Morgan fingerprint density at radius 2 is 2.00 bits per heavy atom. The monoisotopic (exact) mass is 362 g/mol. The highest BCUT2D eigenvalue weighted by atomic mass is 16.5. The Bertz CT molecular complexity index is 1040. The van der Waals surface area contributed by atoms with E-state index in [4.69, 9.17) is 10.5 Å². The molecule has 0 saturated carbocycles. The van der Waals surface area contributed by atoms with Crippen LogP contribution in [0.1, 0.15) is 33.4 Å². The van der Waals surface area contributed by atoms with Crippen LogP contribution in [0.4, 0.5) is 5.95 Å². The average molecular weight is 362 g/mol. The van der Waals surface area contributed by atoms with Crippen molar-refractivity contribution >= 4 is 11.9 Å². The van der Waals surface area contributed by atoms with E-state index in [1.807, 2.05) is 24.3 Å². The first-order chi connectivity index (χ1) is 13.1. The van der Waals surface area contributed by atoms with Gasteiger partial charge in [-0.05, 0) is 12.5 Å². The molecule has 1 aliphatic rings. The molecule has 1 amide bonds. The van der Waals surface area contributed by atoms with Gasteiger partial charge in [0.15, 0.2) is 0 Å². The maximum absolute atomic E-state index is 12.7. The first-order valence-electron chi connectivity index (χ1n) is 8.46. The molecule has 0 fully saturated rings. The van der Waals surface area contributed by atoms with E-state index in [1.54, 1.807) is 26.4 Å². The molecule has 0 spiro atoms. The van der Waals surface area contributed by atoms with Crippen molar-refractivity contribution in [2.45, 2.75) is 19.4 Å². The second kappa shape index (κ2) is 6.64. The van der Waals surface area contributed by atoms with Crippen molar-refractivity contribution in [3.05, 3.63) is 59.2 Å². The number of nitrogens with two attached hydrogens (primary N) is 1. The summed E-state index contributed by atoms with van der Waals surface area (Å²) in [5.41, 5.74) is 9.98. The van der Waals surface area contributed by atoms with Crippen LogP contribution in [-0.2, 0) is 6.42 Å². The topological polar surface area (TPSA) is 116 Å². The molecule has 27 heavy (non-hydrogen) atoms. The Morgan fingerprint density at radius 1 is 1.19 bits per heavy atom. The highest BCUT2D eigenvalue weighted by molar-refractivity contribution is 5.98. The number of anilines is 1. The summed E-state index contributed by atoms with van der Waals surface area (Å²) in [6.45, 7) is 1.76. The van der Waals surface area contributed by atoms with Crippen molar-refractivity contribution in [1.82, 2.24) is 25.3 Å². The standard InChI is InChI=1S/C19H18N6O2/c1-10-17-14(25-19(20)22-10)7-13(24-18(17)26)11-5-3-4-6-12(11)15-8-21-9-16(23-15)27-2/h3-6,8-9,13H,7H2,1-2H3,(H,24,26)(H2,20,22,25)/t13-/m1/s1. The number of hydrogen-bond acceptors (Lipinski definition) is 7. The van der Waals surface area contributed by atoms with Crippen molar-refractivity contribution in [1.29, 1.82) is 0 Å². The fourth-order valence-electron chi connectivity index (χ4n) is 3.37. The van der Waals surface area contributed by atoms with Gasteiger partial charge in [-0.15, -0.1) is 0 Å². The molecule has 4 rings (SSSR count). The summed E-state index contributed by atoms with van der Waals surface area (Å²) in [5.74, 6) is 0.397. The zero-order valence-electron chi connectivity index (χ0n) is 14.9. The number of carbonyl (C=O) groups is 1. The summed E-state index contributed by atoms with van der Waals surface area (Å²) in [4.78, 5) is 29.7. The van der Waals surface area contributed by atoms with Gasteiger partial charge in [0, 0.05) is 12.0 Å². The van der Waals surface area contributed by atoms with Crippen molar-refractivity contribution < 1.29 is 9.53 Å². The molecule has 136 valence electrons. The molecule has 0 bridgehead atoms. The molecule has 0 aliphatic carbocycles. The predicted octanol–water partition coefficient (Wildman–Crippen LogP) is 1.86. The van der Waals surface area contributed by atoms with Crippen LogP contribution in [0, 0.1) is 6.92 Å². The summed E-state index contributed by atoms with van der Waals surface area (Å²) in [5, 5.41) is 3.05. The number of aromatic nitrogens is 4. The van der Waals surface area contributed by atoms with Gasteiger partial charge in [-0.2, -0.15) is 0 Å². The van der Waals surface area contributed by atoms with Gasteiger partial charge in [0.2, 0.25) is 11.8 Å². The van der Waals surface area contributed by atoms with Crippen LogP contribution in [-0.4, -0.2) is 33.0 Å². The van der Waals surface area contributed by atoms with E-state index in [2.05, 4.69) is 25.3 Å². The lowest BCUT2D eigenvalue weighted by molar-refractivity contribution is 0.0922. The third-order valence-electron chi connectivity index (χ3n) is 4.55. The van der Waals surface area contributed by atoms with Crippen LogP contribution in [0.5, 0.6) is 5.88 Å². The average Bonchev–Trinajstić information content (AvgIpc) is 2.67. The molecule has 0 saturated heterocycles. The first-order valence-corrected chi connectivity index (χ1v) is 8.46. The number of nitrogens with zero attached hydrogens (tertiary/aromatic N) is 4. The smallest absolute Gasteiger partial charge is 0.255 e. The number of methoxy groups -OCH3 is 1. The Labute approximate surface area is 155 Å². The Kier molecular flexibility index (Phi) is 4.15. The van der Waals surface area contributed by atoms with Gasteiger partial charge in [0.05, 0.1) is 48.2 Å². The Morgan fingerprint density at radius 3 is 2.81 bits per heavy atom. The number of nitrogens with one attached hydrogen (secondary N) is 1. The summed E-state index contributed by atoms with van der Waals surface area (Å²) < 4.78 is 5.18. The second-order valence-electron chi connectivity index (χ2n) is 6.25. The molecule has 8 nitrogen and oxygen atoms in total. The van der Waals surface area contributed by atoms with Crippen molar-refractivity contribution in [3.8, 4) is 17.1 Å². The largest absolute Gasteiger partial charge is 0.480 e. The van der Waals surface area contributed by atoms with Crippen LogP contribution in [0.2, 0.25) is 0 Å². The number of nitrogen functional groups attached to an aromatic ring is 1. The zero-order valence-corrected chi connectivity index (χ0v) is 14.9. The quantitative estimate of drug-likeness (QED) is 0.730. The van der Waals surface area contributed by atoms with Gasteiger partial charge in [-0.25, -0.2) is 15.0 Å². The number of aryl methyl sites for hydroxylation is 1. The molecular formula is C19H18N6O2. The minimum Gasteiger partial charge on any atom is -0.480 e. The van der Waals surface area contributed by atoms with Gasteiger partial charge in [0.25, 0.3) is 5.91 Å². The second-order valence-corrected chi connectivity index (χ2v) is 6.25. The zero-order chi connectivity index (χ0) is 19.0. The number of hydrogen-bond donors (Lipinski definition) is 2. The SMILES string of the molecule is COc1cncc(-c2ccccc2[C@H]2Cc3nc(N)nc(C)c3C(=O)N2)n1. The van der Waals surface area contributed by atoms with Gasteiger partial charge in [-0.1, -0.05) is 24.3 Å². The third kappa shape index (κ3) is 3.05. The molecule has 1 atom stereocenters. The normalized spacial score (nSPS) is 15.8. The molecule has 2 aromatic heterocycles. The number of rotatable bonds is 3. The predicted molar refractivity (Wildman–Crippen MR) is 99.1 cm³/mol. The fraction of sp³-hybridized carbons (Fsp3) is 0.211. The van der Waals surface area contributed by atoms with E-state index in [-0.39, 0.29) is 17.9 Å². The molecule has 0 radical (unpaired) electrons. The lowest BCUT2D eigenvalue weighted by atomic mass is 9.90. The molecular weight excluding hydrogens is 344 g/mol. The maximum Gasteiger partial charge on any atom is 0.255 e. The minimum absolute atomic E-state index is 0.173. The summed E-state index contributed by atoms with van der Waals surface area (Å²) in [7, 11) is 1.55. The molecule has 1 aromatic carbocycles. The molecule has 3 N–H and O–H groups in total. The van der Waals surface area contributed by atoms with E-state index in [0.29, 0.717) is 34.9 Å². The van der Waals surface area contributed by atoms with Crippen LogP contribution in [0.15, 0.2) is 36.7 Å². The van der Waals surface area contributed by atoms with E-state index >= 15 is 0 Å². The van der Waals surface area contributed by atoms with Crippen molar-refractivity contribution in [3.63, 3.8) is 0 Å².